The third-order valence-corrected chi connectivity index (χ3v) is 3.07. The molecule has 2 aromatic rings. The Labute approximate surface area is 116 Å². The summed E-state index contributed by atoms with van der Waals surface area (Å²) < 4.78 is 20.7. The largest absolute Gasteiger partial charge is 0.383 e. The molecule has 0 amide bonds. The normalized spacial score (nSPS) is 12.4. The van der Waals surface area contributed by atoms with Crippen LogP contribution in [0.2, 0.25) is 5.02 Å². The molecule has 0 spiro atoms. The highest BCUT2D eigenvalue weighted by Crippen LogP contribution is 2.28. The second kappa shape index (κ2) is 6.04. The van der Waals surface area contributed by atoms with Crippen molar-refractivity contribution < 1.29 is 9.13 Å². The molecule has 0 bridgehead atoms. The van der Waals surface area contributed by atoms with Gasteiger partial charge < -0.3 is 14.6 Å². The van der Waals surface area contributed by atoms with E-state index in [4.69, 9.17) is 16.3 Å². The Hall–Kier alpha value is -1.59. The molecule has 1 atom stereocenters. The van der Waals surface area contributed by atoms with Crippen LogP contribution in [0.1, 0.15) is 13.0 Å². The highest BCUT2D eigenvalue weighted by atomic mass is 35.5. The minimum Gasteiger partial charge on any atom is -0.383 e. The smallest absolute Gasteiger partial charge is 0.207 e. The molecule has 0 saturated carbocycles. The van der Waals surface area contributed by atoms with Crippen LogP contribution in [0.3, 0.4) is 0 Å². The Kier molecular flexibility index (Phi) is 4.39. The van der Waals surface area contributed by atoms with Crippen LogP contribution < -0.4 is 5.32 Å². The Morgan fingerprint density at radius 1 is 1.53 bits per heavy atom. The number of nitrogens with zero attached hydrogens (tertiary/aromatic N) is 2. The quantitative estimate of drug-likeness (QED) is 0.911. The van der Waals surface area contributed by atoms with Crippen molar-refractivity contribution in [2.45, 2.75) is 13.0 Å². The van der Waals surface area contributed by atoms with Crippen molar-refractivity contribution in [1.82, 2.24) is 9.55 Å². The number of rotatable bonds is 5. The van der Waals surface area contributed by atoms with Crippen LogP contribution in [-0.4, -0.2) is 23.3 Å². The van der Waals surface area contributed by atoms with E-state index in [1.807, 2.05) is 11.5 Å². The van der Waals surface area contributed by atoms with Crippen molar-refractivity contribution in [2.24, 2.45) is 0 Å². The van der Waals surface area contributed by atoms with Crippen LogP contribution >= 0.6 is 11.6 Å². The molecule has 0 radical (unpaired) electrons. The summed E-state index contributed by atoms with van der Waals surface area (Å²) in [4.78, 5) is 4.17. The molecule has 4 nitrogen and oxygen atoms in total. The molecule has 19 heavy (non-hydrogen) atoms. The van der Waals surface area contributed by atoms with Gasteiger partial charge in [-0.1, -0.05) is 17.7 Å². The monoisotopic (exact) mass is 283 g/mol. The average Bonchev–Trinajstić information content (AvgIpc) is 2.82. The fraction of sp³-hybridized carbons (Fsp3) is 0.308. The molecule has 0 saturated heterocycles. The number of nitrogens with one attached hydrogen (secondary N) is 1. The maximum Gasteiger partial charge on any atom is 0.207 e. The van der Waals surface area contributed by atoms with Crippen LogP contribution in [0, 0.1) is 5.82 Å². The van der Waals surface area contributed by atoms with E-state index in [1.54, 1.807) is 31.6 Å². The number of aromatic nitrogens is 2. The highest BCUT2D eigenvalue weighted by Gasteiger charge is 2.13. The SMILES string of the molecule is COCC(C)n1ccnc1Nc1c(F)cccc1Cl. The molecule has 1 N–H and O–H groups in total. The standard InChI is InChI=1S/C13H15ClFN3O/c1-9(8-19-2)18-7-6-16-13(18)17-12-10(14)4-3-5-11(12)15/h3-7,9H,8H2,1-2H3,(H,16,17). The van der Waals surface area contributed by atoms with Crippen molar-refractivity contribution in [3.8, 4) is 0 Å². The van der Waals surface area contributed by atoms with E-state index < -0.39 is 5.82 Å². The molecule has 1 heterocycles. The number of halogens is 2. The average molecular weight is 284 g/mol. The van der Waals surface area contributed by atoms with Gasteiger partial charge in [-0.05, 0) is 19.1 Å². The molecule has 0 aliphatic rings. The van der Waals surface area contributed by atoms with Gasteiger partial charge in [0.05, 0.1) is 23.4 Å². The third-order valence-electron chi connectivity index (χ3n) is 2.75. The molecule has 1 aromatic heterocycles. The van der Waals surface area contributed by atoms with Crippen molar-refractivity contribution in [3.63, 3.8) is 0 Å². The van der Waals surface area contributed by atoms with E-state index in [-0.39, 0.29) is 11.7 Å². The Morgan fingerprint density at radius 2 is 2.32 bits per heavy atom. The van der Waals surface area contributed by atoms with Gasteiger partial charge in [0.25, 0.3) is 0 Å². The Bertz CT molecular complexity index is 538. The lowest BCUT2D eigenvalue weighted by Crippen LogP contribution is -2.13. The van der Waals surface area contributed by atoms with Crippen molar-refractivity contribution in [1.29, 1.82) is 0 Å². The van der Waals surface area contributed by atoms with Gasteiger partial charge in [0.2, 0.25) is 5.95 Å². The third kappa shape index (κ3) is 3.05. The number of imidazole rings is 1. The van der Waals surface area contributed by atoms with E-state index in [9.17, 15) is 4.39 Å². The zero-order valence-electron chi connectivity index (χ0n) is 10.7. The zero-order chi connectivity index (χ0) is 13.8. The first kappa shape index (κ1) is 13.8. The first-order valence-corrected chi connectivity index (χ1v) is 6.24. The minimum atomic E-state index is -0.415. The fourth-order valence-electron chi connectivity index (χ4n) is 1.82. The molecule has 102 valence electrons. The zero-order valence-corrected chi connectivity index (χ0v) is 11.5. The molecule has 0 aliphatic carbocycles. The van der Waals surface area contributed by atoms with Crippen LogP contribution in [0.15, 0.2) is 30.6 Å². The number of para-hydroxylation sites is 1. The summed E-state index contributed by atoms with van der Waals surface area (Å²) in [6.45, 7) is 2.52. The molecule has 0 fully saturated rings. The van der Waals surface area contributed by atoms with Crippen molar-refractivity contribution in [3.05, 3.63) is 41.4 Å². The molecular formula is C13H15ClFN3O. The van der Waals surface area contributed by atoms with E-state index in [0.29, 0.717) is 17.6 Å². The van der Waals surface area contributed by atoms with E-state index >= 15 is 0 Å². The maximum absolute atomic E-state index is 13.7. The summed E-state index contributed by atoms with van der Waals surface area (Å²) in [7, 11) is 1.63. The minimum absolute atomic E-state index is 0.0838. The first-order valence-electron chi connectivity index (χ1n) is 5.86. The molecule has 1 unspecified atom stereocenters. The van der Waals surface area contributed by atoms with E-state index in [1.165, 1.54) is 6.07 Å². The van der Waals surface area contributed by atoms with Gasteiger partial charge in [0.15, 0.2) is 0 Å². The summed E-state index contributed by atoms with van der Waals surface area (Å²) in [5, 5.41) is 3.23. The molecule has 6 heteroatoms. The second-order valence-corrected chi connectivity index (χ2v) is 4.59. The lowest BCUT2D eigenvalue weighted by atomic mass is 10.3. The number of anilines is 2. The molecule has 0 aliphatic heterocycles. The topological polar surface area (TPSA) is 39.1 Å². The van der Waals surface area contributed by atoms with Crippen LogP contribution in [0.4, 0.5) is 16.0 Å². The van der Waals surface area contributed by atoms with E-state index in [0.717, 1.165) is 0 Å². The van der Waals surface area contributed by atoms with Gasteiger partial charge in [0.1, 0.15) is 5.82 Å². The number of hydrogen-bond acceptors (Lipinski definition) is 3. The number of methoxy groups -OCH3 is 1. The maximum atomic E-state index is 13.7. The number of benzene rings is 1. The summed E-state index contributed by atoms with van der Waals surface area (Å²) in [6.07, 6.45) is 3.45. The summed E-state index contributed by atoms with van der Waals surface area (Å²) in [5.41, 5.74) is 0.223. The summed E-state index contributed by atoms with van der Waals surface area (Å²) >= 11 is 5.98. The van der Waals surface area contributed by atoms with Gasteiger partial charge in [-0.2, -0.15) is 0 Å². The Morgan fingerprint density at radius 3 is 3.00 bits per heavy atom. The lowest BCUT2D eigenvalue weighted by Gasteiger charge is -2.16. The van der Waals surface area contributed by atoms with Crippen molar-refractivity contribution in [2.75, 3.05) is 19.0 Å². The molecule has 2 rings (SSSR count). The van der Waals surface area contributed by atoms with Gasteiger partial charge >= 0.3 is 0 Å². The Balaban J connectivity index is 2.27. The van der Waals surface area contributed by atoms with Crippen molar-refractivity contribution >= 4 is 23.2 Å². The van der Waals surface area contributed by atoms with E-state index in [2.05, 4.69) is 10.3 Å². The van der Waals surface area contributed by atoms with Crippen LogP contribution in [-0.2, 0) is 4.74 Å². The predicted octanol–water partition coefficient (Wildman–Crippen LogP) is 3.63. The fourth-order valence-corrected chi connectivity index (χ4v) is 2.03. The van der Waals surface area contributed by atoms with Gasteiger partial charge in [-0.15, -0.1) is 0 Å². The number of ether oxygens (including phenoxy) is 1. The van der Waals surface area contributed by atoms with Crippen LogP contribution in [0.25, 0.3) is 0 Å². The molecule has 1 aromatic carbocycles. The van der Waals surface area contributed by atoms with Gasteiger partial charge in [-0.3, -0.25) is 0 Å². The first-order chi connectivity index (χ1) is 9.13. The van der Waals surface area contributed by atoms with Gasteiger partial charge in [0, 0.05) is 19.5 Å². The summed E-state index contributed by atoms with van der Waals surface area (Å²) in [6, 6.07) is 4.61. The second-order valence-electron chi connectivity index (χ2n) is 4.18. The van der Waals surface area contributed by atoms with Gasteiger partial charge in [-0.25, -0.2) is 9.37 Å². The summed E-state index contributed by atoms with van der Waals surface area (Å²) in [5.74, 6) is 0.109. The highest BCUT2D eigenvalue weighted by molar-refractivity contribution is 6.33. The lowest BCUT2D eigenvalue weighted by molar-refractivity contribution is 0.163. The molecular weight excluding hydrogens is 269 g/mol. The predicted molar refractivity (Wildman–Crippen MR) is 73.5 cm³/mol. The van der Waals surface area contributed by atoms with Crippen LogP contribution in [0.5, 0.6) is 0 Å². The number of hydrogen-bond donors (Lipinski definition) is 1.